The molecule has 4 rings (SSSR count). The fraction of sp³-hybridized carbons (Fsp3) is 0.536. The van der Waals surface area contributed by atoms with Gasteiger partial charge in [0, 0.05) is 18.8 Å². The van der Waals surface area contributed by atoms with E-state index in [1.165, 1.54) is 32.9 Å². The maximum atomic E-state index is 15.0. The third-order valence-electron chi connectivity index (χ3n) is 7.38. The molecule has 1 saturated carbocycles. The van der Waals surface area contributed by atoms with E-state index >= 15 is 0 Å². The summed E-state index contributed by atoms with van der Waals surface area (Å²) in [6.07, 6.45) is -0.703. The Morgan fingerprint density at radius 2 is 1.80 bits per heavy atom. The number of alkyl halides is 3. The van der Waals surface area contributed by atoms with Gasteiger partial charge in [-0.2, -0.15) is 13.2 Å². The first-order valence-electron chi connectivity index (χ1n) is 13.1. The number of anilines is 1. The van der Waals surface area contributed by atoms with Gasteiger partial charge in [-0.15, -0.1) is 0 Å². The van der Waals surface area contributed by atoms with E-state index in [1.807, 2.05) is 0 Å². The number of rotatable bonds is 7. The summed E-state index contributed by atoms with van der Waals surface area (Å²) in [6, 6.07) is 5.71. The molecule has 2 amide bonds. The van der Waals surface area contributed by atoms with Crippen molar-refractivity contribution in [3.05, 3.63) is 59.7 Å². The molecule has 40 heavy (non-hydrogen) atoms. The summed E-state index contributed by atoms with van der Waals surface area (Å²) in [4.78, 5) is 30.6. The fourth-order valence-electron chi connectivity index (χ4n) is 4.90. The molecule has 0 radical (unpaired) electrons. The van der Waals surface area contributed by atoms with Crippen molar-refractivity contribution >= 4 is 17.7 Å². The van der Waals surface area contributed by atoms with Crippen LogP contribution in [-0.2, 0) is 15.1 Å². The number of likely N-dealkylation sites (tertiary alicyclic amines) is 1. The lowest BCUT2D eigenvalue weighted by atomic mass is 9.79. The topological polar surface area (TPSA) is 118 Å². The van der Waals surface area contributed by atoms with Crippen LogP contribution in [0.3, 0.4) is 0 Å². The Balaban J connectivity index is 1.64. The van der Waals surface area contributed by atoms with Crippen LogP contribution in [0.5, 0.6) is 0 Å². The molecule has 1 unspecified atom stereocenters. The number of amides is 2. The lowest BCUT2D eigenvalue weighted by Crippen LogP contribution is -2.49. The second-order valence-corrected chi connectivity index (χ2v) is 11.7. The monoisotopic (exact) mass is 566 g/mol. The van der Waals surface area contributed by atoms with E-state index in [1.54, 1.807) is 24.5 Å². The molecule has 2 aliphatic rings. The van der Waals surface area contributed by atoms with Crippen LogP contribution in [0.2, 0.25) is 0 Å². The zero-order valence-electron chi connectivity index (χ0n) is 22.6. The first kappa shape index (κ1) is 29.7. The van der Waals surface area contributed by atoms with Gasteiger partial charge in [-0.05, 0) is 74.9 Å². The summed E-state index contributed by atoms with van der Waals surface area (Å²) in [5, 5.41) is 12.6. The molecule has 218 valence electrons. The minimum Gasteiger partial charge on any atom is -0.444 e. The van der Waals surface area contributed by atoms with Gasteiger partial charge in [-0.25, -0.2) is 9.18 Å². The molecule has 0 spiro atoms. The highest BCUT2D eigenvalue weighted by atomic mass is 19.4. The molecule has 1 aliphatic carbocycles. The molecule has 2 aromatic rings. The van der Waals surface area contributed by atoms with E-state index in [9.17, 15) is 32.3 Å². The number of carbonyl (C=O) groups excluding carboxylic acids is 2. The molecular formula is C28H34F4N4O4. The van der Waals surface area contributed by atoms with Crippen molar-refractivity contribution in [2.45, 2.75) is 81.8 Å². The Kier molecular flexibility index (Phi) is 7.89. The van der Waals surface area contributed by atoms with Crippen molar-refractivity contribution in [3.63, 3.8) is 0 Å². The highest BCUT2D eigenvalue weighted by Gasteiger charge is 2.62. The molecule has 0 bridgehead atoms. The zero-order valence-corrected chi connectivity index (χ0v) is 22.6. The Morgan fingerprint density at radius 1 is 1.15 bits per heavy atom. The molecule has 2 heterocycles. The Hall–Kier alpha value is -3.25. The van der Waals surface area contributed by atoms with E-state index in [0.29, 0.717) is 22.8 Å². The number of ether oxygens (including phenoxy) is 1. The van der Waals surface area contributed by atoms with Crippen LogP contribution < -0.4 is 11.1 Å². The van der Waals surface area contributed by atoms with Crippen molar-refractivity contribution < 1.29 is 37.0 Å². The van der Waals surface area contributed by atoms with Gasteiger partial charge >= 0.3 is 12.3 Å². The van der Waals surface area contributed by atoms with Gasteiger partial charge in [0.1, 0.15) is 17.5 Å². The summed E-state index contributed by atoms with van der Waals surface area (Å²) < 4.78 is 61.2. The van der Waals surface area contributed by atoms with Crippen molar-refractivity contribution in [1.82, 2.24) is 9.88 Å². The number of aromatic nitrogens is 1. The van der Waals surface area contributed by atoms with Gasteiger partial charge in [0.05, 0.1) is 17.8 Å². The highest BCUT2D eigenvalue weighted by Crippen LogP contribution is 2.42. The second-order valence-electron chi connectivity index (χ2n) is 11.7. The van der Waals surface area contributed by atoms with E-state index in [2.05, 4.69) is 10.3 Å². The molecule has 1 aromatic heterocycles. The largest absolute Gasteiger partial charge is 0.444 e. The van der Waals surface area contributed by atoms with Crippen LogP contribution >= 0.6 is 0 Å². The molecule has 2 fully saturated rings. The number of hydrogen-bond donors (Lipinski definition) is 3. The number of hydrogen-bond acceptors (Lipinski definition) is 6. The number of β-amino-alcohol motifs (C(OH)–C–C–N with tert-alkyl or cyclic N) is 1. The van der Waals surface area contributed by atoms with Crippen LogP contribution in [0.25, 0.3) is 0 Å². The number of aliphatic hydroxyl groups is 1. The van der Waals surface area contributed by atoms with Crippen LogP contribution in [0, 0.1) is 11.7 Å². The minimum absolute atomic E-state index is 0.315. The molecule has 8 nitrogen and oxygen atoms in total. The first-order valence-corrected chi connectivity index (χ1v) is 13.1. The SMILES string of the molecule is CC(C)(C)OC(=O)N1C[C@@](O)(C(F)(F)F)C[C@@H]1C(=O)Nc1cc(C(N)(CCC2CC2)c2ccncc2)ccc1F. The van der Waals surface area contributed by atoms with Crippen molar-refractivity contribution in [1.29, 1.82) is 0 Å². The third-order valence-corrected chi connectivity index (χ3v) is 7.38. The molecular weight excluding hydrogens is 532 g/mol. The average molecular weight is 567 g/mol. The van der Waals surface area contributed by atoms with Crippen LogP contribution in [0.4, 0.5) is 28.0 Å². The summed E-state index contributed by atoms with van der Waals surface area (Å²) in [5.41, 5.74) is 2.33. The summed E-state index contributed by atoms with van der Waals surface area (Å²) in [7, 11) is 0. The van der Waals surface area contributed by atoms with Gasteiger partial charge in [0.2, 0.25) is 5.91 Å². The number of carbonyl (C=O) groups is 2. The van der Waals surface area contributed by atoms with Gasteiger partial charge in [-0.3, -0.25) is 14.7 Å². The molecule has 4 N–H and O–H groups in total. The summed E-state index contributed by atoms with van der Waals surface area (Å²) >= 11 is 0. The van der Waals surface area contributed by atoms with Crippen molar-refractivity contribution in [2.75, 3.05) is 11.9 Å². The van der Waals surface area contributed by atoms with Gasteiger partial charge in [0.25, 0.3) is 0 Å². The molecule has 1 saturated heterocycles. The number of halogens is 4. The first-order chi connectivity index (χ1) is 18.5. The van der Waals surface area contributed by atoms with Crippen LogP contribution in [0.1, 0.15) is 64.0 Å². The third kappa shape index (κ3) is 6.38. The highest BCUT2D eigenvalue weighted by molar-refractivity contribution is 5.97. The van der Waals surface area contributed by atoms with Crippen molar-refractivity contribution in [2.24, 2.45) is 11.7 Å². The number of benzene rings is 1. The predicted molar refractivity (Wildman–Crippen MR) is 139 cm³/mol. The maximum absolute atomic E-state index is 15.0. The summed E-state index contributed by atoms with van der Waals surface area (Å²) in [5.74, 6) is -1.39. The standard InChI is InChI=1S/C28H34F4N4O4/c1-25(2,3)40-24(38)36-16-26(39,28(30,31)32)15-22(36)23(37)35-21-14-19(6-7-20(21)29)27(33,11-8-17-4-5-17)18-9-12-34-13-10-18/h6-7,9-10,12-14,17,22,39H,4-5,8,11,15-16,33H2,1-3H3,(H,35,37)/t22-,26-,27?/m1/s1. The lowest BCUT2D eigenvalue weighted by molar-refractivity contribution is -0.253. The Bertz CT molecular complexity index is 1250. The number of pyridine rings is 1. The molecule has 3 atom stereocenters. The second kappa shape index (κ2) is 10.6. The van der Waals surface area contributed by atoms with Crippen LogP contribution in [-0.4, -0.2) is 57.0 Å². The lowest BCUT2D eigenvalue weighted by Gasteiger charge is -2.31. The zero-order chi connectivity index (χ0) is 29.5. The maximum Gasteiger partial charge on any atom is 0.419 e. The number of nitrogens with two attached hydrogens (primary N) is 1. The molecule has 12 heteroatoms. The number of nitrogens with one attached hydrogen (secondary N) is 1. The Morgan fingerprint density at radius 3 is 2.38 bits per heavy atom. The Labute approximate surface area is 229 Å². The average Bonchev–Trinajstić information content (AvgIpc) is 3.62. The van der Waals surface area contributed by atoms with Crippen molar-refractivity contribution in [3.8, 4) is 0 Å². The number of nitrogens with zero attached hydrogens (tertiary/aromatic N) is 2. The van der Waals surface area contributed by atoms with E-state index in [4.69, 9.17) is 10.5 Å². The summed E-state index contributed by atoms with van der Waals surface area (Å²) in [6.45, 7) is 3.33. The van der Waals surface area contributed by atoms with E-state index in [0.717, 1.165) is 30.9 Å². The minimum atomic E-state index is -5.13. The predicted octanol–water partition coefficient (Wildman–Crippen LogP) is 4.85. The smallest absolute Gasteiger partial charge is 0.419 e. The van der Waals surface area contributed by atoms with E-state index in [-0.39, 0.29) is 5.69 Å². The normalized spacial score (nSPS) is 23.0. The fourth-order valence-corrected chi connectivity index (χ4v) is 4.90. The van der Waals surface area contributed by atoms with Crippen LogP contribution in [0.15, 0.2) is 42.7 Å². The van der Waals surface area contributed by atoms with Gasteiger partial charge in [0.15, 0.2) is 5.60 Å². The quantitative estimate of drug-likeness (QED) is 0.413. The van der Waals surface area contributed by atoms with E-state index < -0.39 is 59.7 Å². The van der Waals surface area contributed by atoms with Gasteiger partial charge in [-0.1, -0.05) is 18.9 Å². The van der Waals surface area contributed by atoms with Gasteiger partial charge < -0.3 is 20.9 Å². The molecule has 1 aliphatic heterocycles. The molecule has 1 aromatic carbocycles.